The Hall–Kier alpha value is -1.26. The van der Waals surface area contributed by atoms with Gasteiger partial charge in [0.2, 0.25) is 0 Å². The summed E-state index contributed by atoms with van der Waals surface area (Å²) < 4.78 is 5.16. The Morgan fingerprint density at radius 2 is 2.11 bits per heavy atom. The smallest absolute Gasteiger partial charge is 0.412 e. The summed E-state index contributed by atoms with van der Waals surface area (Å²) in [7, 11) is 0. The van der Waals surface area contributed by atoms with Gasteiger partial charge in [-0.2, -0.15) is 0 Å². The monoisotopic (exact) mass is 285 g/mol. The molecule has 5 heteroatoms. The van der Waals surface area contributed by atoms with Gasteiger partial charge >= 0.3 is 6.09 Å². The number of halogens is 1. The lowest BCUT2D eigenvalue weighted by atomic mass is 10.1. The molecule has 0 spiro atoms. The molecule has 1 atom stereocenters. The number of aliphatic hydroxyl groups excluding tert-OH is 1. The number of carbonyl (C=O) groups is 1. The van der Waals surface area contributed by atoms with Crippen LogP contribution in [0, 0.1) is 0 Å². The first-order chi connectivity index (χ1) is 8.67. The van der Waals surface area contributed by atoms with Crippen LogP contribution in [0.15, 0.2) is 18.2 Å². The van der Waals surface area contributed by atoms with Crippen LogP contribution in [0.2, 0.25) is 5.02 Å². The Morgan fingerprint density at radius 3 is 2.63 bits per heavy atom. The highest BCUT2D eigenvalue weighted by Gasteiger charge is 2.16. The van der Waals surface area contributed by atoms with E-state index in [2.05, 4.69) is 5.32 Å². The highest BCUT2D eigenvalue weighted by Crippen LogP contribution is 2.22. The molecule has 4 nitrogen and oxygen atoms in total. The van der Waals surface area contributed by atoms with Crippen LogP contribution in [0.3, 0.4) is 0 Å². The Bertz CT molecular complexity index is 452. The van der Waals surface area contributed by atoms with Crippen LogP contribution in [0.4, 0.5) is 10.5 Å². The molecule has 1 unspecified atom stereocenters. The van der Waals surface area contributed by atoms with Crippen molar-refractivity contribution >= 4 is 23.4 Å². The number of nitrogens with one attached hydrogen (secondary N) is 1. The molecule has 0 saturated heterocycles. The number of hydrogen-bond acceptors (Lipinski definition) is 3. The van der Waals surface area contributed by atoms with Gasteiger partial charge in [0, 0.05) is 10.7 Å². The maximum atomic E-state index is 11.6. The average Bonchev–Trinajstić information content (AvgIpc) is 2.19. The molecule has 106 valence electrons. The zero-order chi connectivity index (χ0) is 14.6. The van der Waals surface area contributed by atoms with E-state index in [4.69, 9.17) is 16.3 Å². The molecule has 0 heterocycles. The van der Waals surface area contributed by atoms with Crippen molar-refractivity contribution in [3.05, 3.63) is 28.8 Å². The minimum absolute atomic E-state index is 0.433. The van der Waals surface area contributed by atoms with Gasteiger partial charge in [0.15, 0.2) is 0 Å². The highest BCUT2D eigenvalue weighted by atomic mass is 35.5. The molecule has 0 radical (unpaired) electrons. The second-order valence-electron chi connectivity index (χ2n) is 5.49. The number of amides is 1. The third-order valence-electron chi connectivity index (χ3n) is 2.21. The van der Waals surface area contributed by atoms with Crippen LogP contribution in [0.1, 0.15) is 33.3 Å². The summed E-state index contributed by atoms with van der Waals surface area (Å²) in [5.74, 6) is 0. The van der Waals surface area contributed by atoms with E-state index < -0.39 is 17.8 Å². The maximum Gasteiger partial charge on any atom is 0.412 e. The first-order valence-electron chi connectivity index (χ1n) is 6.14. The van der Waals surface area contributed by atoms with Crippen molar-refractivity contribution in [1.29, 1.82) is 0 Å². The molecule has 1 aromatic carbocycles. The van der Waals surface area contributed by atoms with Crippen molar-refractivity contribution in [2.75, 3.05) is 5.32 Å². The van der Waals surface area contributed by atoms with E-state index in [1.165, 1.54) is 0 Å². The van der Waals surface area contributed by atoms with Gasteiger partial charge < -0.3 is 9.84 Å². The predicted octanol–water partition coefficient (Wildman–Crippen LogP) is 3.61. The molecule has 0 aromatic heterocycles. The summed E-state index contributed by atoms with van der Waals surface area (Å²) in [5, 5.41) is 12.6. The Labute approximate surface area is 118 Å². The molecule has 1 rings (SSSR count). The number of benzene rings is 1. The van der Waals surface area contributed by atoms with Crippen molar-refractivity contribution in [2.45, 2.75) is 45.8 Å². The van der Waals surface area contributed by atoms with Crippen LogP contribution < -0.4 is 5.32 Å². The summed E-state index contributed by atoms with van der Waals surface area (Å²) in [6.45, 7) is 7.08. The quantitative estimate of drug-likeness (QED) is 0.892. The molecule has 0 aliphatic carbocycles. The lowest BCUT2D eigenvalue weighted by Crippen LogP contribution is -2.27. The van der Waals surface area contributed by atoms with Crippen LogP contribution >= 0.6 is 11.6 Å². The topological polar surface area (TPSA) is 58.6 Å². The molecular weight excluding hydrogens is 266 g/mol. The first kappa shape index (κ1) is 15.8. The molecule has 1 amide bonds. The van der Waals surface area contributed by atoms with Crippen LogP contribution in [-0.4, -0.2) is 22.9 Å². The molecule has 0 fully saturated rings. The lowest BCUT2D eigenvalue weighted by Gasteiger charge is -2.20. The van der Waals surface area contributed by atoms with Crippen molar-refractivity contribution < 1.29 is 14.6 Å². The largest absolute Gasteiger partial charge is 0.444 e. The molecule has 0 saturated carbocycles. The van der Waals surface area contributed by atoms with Crippen molar-refractivity contribution in [2.24, 2.45) is 0 Å². The van der Waals surface area contributed by atoms with Gasteiger partial charge in [0.05, 0.1) is 6.10 Å². The summed E-state index contributed by atoms with van der Waals surface area (Å²) in [4.78, 5) is 11.6. The molecular formula is C14H20ClNO3. The standard InChI is InChI=1S/C14H20ClNO3/c1-9(17)7-10-8-11(5-6-12(10)15)16-13(18)19-14(2,3)4/h5-6,8-9,17H,7H2,1-4H3,(H,16,18). The van der Waals surface area contributed by atoms with E-state index in [0.717, 1.165) is 5.56 Å². The Kier molecular flexibility index (Phi) is 5.20. The van der Waals surface area contributed by atoms with Crippen molar-refractivity contribution in [1.82, 2.24) is 0 Å². The SMILES string of the molecule is CC(O)Cc1cc(NC(=O)OC(C)(C)C)ccc1Cl. The molecule has 0 aliphatic rings. The van der Waals surface area contributed by atoms with E-state index in [9.17, 15) is 9.90 Å². The van der Waals surface area contributed by atoms with E-state index >= 15 is 0 Å². The van der Waals surface area contributed by atoms with Crippen molar-refractivity contribution in [3.8, 4) is 0 Å². The van der Waals surface area contributed by atoms with E-state index in [0.29, 0.717) is 17.1 Å². The summed E-state index contributed by atoms with van der Waals surface area (Å²) in [6, 6.07) is 5.11. The Balaban J connectivity index is 2.77. The third kappa shape index (κ3) is 5.94. The zero-order valence-electron chi connectivity index (χ0n) is 11.7. The minimum atomic E-state index is -0.543. The van der Waals surface area contributed by atoms with Crippen LogP contribution in [-0.2, 0) is 11.2 Å². The average molecular weight is 286 g/mol. The number of ether oxygens (including phenoxy) is 1. The van der Waals surface area contributed by atoms with E-state index in [-0.39, 0.29) is 0 Å². The predicted molar refractivity (Wildman–Crippen MR) is 76.7 cm³/mol. The normalized spacial score (nSPS) is 12.9. The highest BCUT2D eigenvalue weighted by molar-refractivity contribution is 6.31. The second kappa shape index (κ2) is 6.26. The molecule has 0 bridgehead atoms. The van der Waals surface area contributed by atoms with Gasteiger partial charge in [0.1, 0.15) is 5.60 Å². The molecule has 0 aliphatic heterocycles. The number of rotatable bonds is 3. The summed E-state index contributed by atoms with van der Waals surface area (Å²) in [5.41, 5.74) is 0.832. The zero-order valence-corrected chi connectivity index (χ0v) is 12.4. The fourth-order valence-electron chi connectivity index (χ4n) is 1.55. The number of hydrogen-bond donors (Lipinski definition) is 2. The second-order valence-corrected chi connectivity index (χ2v) is 5.89. The van der Waals surface area contributed by atoms with Gasteiger partial charge in [-0.3, -0.25) is 5.32 Å². The lowest BCUT2D eigenvalue weighted by molar-refractivity contribution is 0.0636. The van der Waals surface area contributed by atoms with Crippen LogP contribution in [0.25, 0.3) is 0 Å². The number of anilines is 1. The number of aliphatic hydroxyl groups is 1. The van der Waals surface area contributed by atoms with Gasteiger partial charge in [-0.1, -0.05) is 11.6 Å². The van der Waals surface area contributed by atoms with E-state index in [1.807, 2.05) is 0 Å². The fraction of sp³-hybridized carbons (Fsp3) is 0.500. The third-order valence-corrected chi connectivity index (χ3v) is 2.58. The molecule has 2 N–H and O–H groups in total. The van der Waals surface area contributed by atoms with Gasteiger partial charge in [-0.15, -0.1) is 0 Å². The van der Waals surface area contributed by atoms with Gasteiger partial charge in [0.25, 0.3) is 0 Å². The Morgan fingerprint density at radius 1 is 1.47 bits per heavy atom. The minimum Gasteiger partial charge on any atom is -0.444 e. The first-order valence-corrected chi connectivity index (χ1v) is 6.51. The van der Waals surface area contributed by atoms with Gasteiger partial charge in [-0.25, -0.2) is 4.79 Å². The van der Waals surface area contributed by atoms with E-state index in [1.54, 1.807) is 45.9 Å². The maximum absolute atomic E-state index is 11.6. The van der Waals surface area contributed by atoms with Gasteiger partial charge in [-0.05, 0) is 57.9 Å². The fourth-order valence-corrected chi connectivity index (χ4v) is 1.74. The number of carbonyl (C=O) groups excluding carboxylic acids is 1. The van der Waals surface area contributed by atoms with Crippen molar-refractivity contribution in [3.63, 3.8) is 0 Å². The summed E-state index contributed by atoms with van der Waals surface area (Å²) in [6.07, 6.45) is -0.574. The van der Waals surface area contributed by atoms with Crippen LogP contribution in [0.5, 0.6) is 0 Å². The molecule has 19 heavy (non-hydrogen) atoms. The molecule has 1 aromatic rings. The summed E-state index contributed by atoms with van der Waals surface area (Å²) >= 11 is 6.03.